The molecule has 3 aromatic rings. The van der Waals surface area contributed by atoms with Crippen molar-refractivity contribution in [3.05, 3.63) is 65.7 Å². The number of hydrogen-bond acceptors (Lipinski definition) is 3. The summed E-state index contributed by atoms with van der Waals surface area (Å²) in [6.45, 7) is 2.17. The third-order valence-electron chi connectivity index (χ3n) is 3.94. The smallest absolute Gasteiger partial charge is 0.326 e. The average molecular weight is 377 g/mol. The fraction of sp³-hybridized carbons (Fsp3) is 0.278. The van der Waals surface area contributed by atoms with E-state index in [9.17, 15) is 18.0 Å². The van der Waals surface area contributed by atoms with E-state index < -0.39 is 11.9 Å². The lowest BCUT2D eigenvalue weighted by molar-refractivity contribution is -0.141. The predicted molar refractivity (Wildman–Crippen MR) is 93.0 cm³/mol. The lowest BCUT2D eigenvalue weighted by Crippen LogP contribution is -2.16. The number of hydrogen-bond donors (Lipinski definition) is 1. The summed E-state index contributed by atoms with van der Waals surface area (Å²) in [7, 11) is 0. The van der Waals surface area contributed by atoms with Crippen molar-refractivity contribution in [2.45, 2.75) is 32.6 Å². The lowest BCUT2D eigenvalue weighted by Gasteiger charge is -2.09. The third kappa shape index (κ3) is 4.96. The molecule has 0 fully saturated rings. The molecule has 6 nitrogen and oxygen atoms in total. The van der Waals surface area contributed by atoms with E-state index >= 15 is 0 Å². The number of aromatic nitrogens is 4. The lowest BCUT2D eigenvalue weighted by atomic mass is 10.2. The molecule has 9 heteroatoms. The first-order valence-corrected chi connectivity index (χ1v) is 8.29. The molecule has 0 spiro atoms. The number of alkyl halides is 3. The SMILES string of the molecule is Cc1cc(C(F)(F)F)nn1CCC(=O)Nc1cccc(Cn2cccn2)c1. The normalized spacial score (nSPS) is 11.6. The molecule has 0 aliphatic rings. The van der Waals surface area contributed by atoms with Gasteiger partial charge in [-0.2, -0.15) is 23.4 Å². The van der Waals surface area contributed by atoms with Crippen molar-refractivity contribution in [1.82, 2.24) is 19.6 Å². The number of anilines is 1. The summed E-state index contributed by atoms with van der Waals surface area (Å²) >= 11 is 0. The zero-order chi connectivity index (χ0) is 19.4. The van der Waals surface area contributed by atoms with Crippen LogP contribution in [0.25, 0.3) is 0 Å². The van der Waals surface area contributed by atoms with Gasteiger partial charge in [0.25, 0.3) is 0 Å². The molecule has 0 radical (unpaired) electrons. The standard InChI is InChI=1S/C18H18F3N5O/c1-13-10-16(18(19,20)21)24-26(13)9-6-17(27)23-15-5-2-4-14(11-15)12-25-8-3-7-22-25/h2-5,7-8,10-11H,6,9,12H2,1H3,(H,23,27). The van der Waals surface area contributed by atoms with Gasteiger partial charge in [0.05, 0.1) is 6.54 Å². The van der Waals surface area contributed by atoms with Gasteiger partial charge >= 0.3 is 6.18 Å². The third-order valence-corrected chi connectivity index (χ3v) is 3.94. The molecule has 0 atom stereocenters. The van der Waals surface area contributed by atoms with Crippen molar-refractivity contribution in [1.29, 1.82) is 0 Å². The molecule has 1 N–H and O–H groups in total. The van der Waals surface area contributed by atoms with Crippen molar-refractivity contribution in [3.63, 3.8) is 0 Å². The highest BCUT2D eigenvalue weighted by atomic mass is 19.4. The molecule has 0 bridgehead atoms. The summed E-state index contributed by atoms with van der Waals surface area (Å²) in [6.07, 6.45) is -0.948. The van der Waals surface area contributed by atoms with Crippen molar-refractivity contribution in [3.8, 4) is 0 Å². The number of carbonyl (C=O) groups is 1. The number of carbonyl (C=O) groups excluding carboxylic acids is 1. The summed E-state index contributed by atoms with van der Waals surface area (Å²) in [6, 6.07) is 10.1. The number of benzene rings is 1. The van der Waals surface area contributed by atoms with Crippen LogP contribution >= 0.6 is 0 Å². The van der Waals surface area contributed by atoms with Crippen molar-refractivity contribution < 1.29 is 18.0 Å². The van der Waals surface area contributed by atoms with Crippen LogP contribution in [-0.4, -0.2) is 25.5 Å². The Morgan fingerprint density at radius 1 is 1.22 bits per heavy atom. The molecular formula is C18H18F3N5O. The number of nitrogens with zero attached hydrogens (tertiary/aromatic N) is 4. The first kappa shape index (κ1) is 18.7. The van der Waals surface area contributed by atoms with Crippen LogP contribution in [0, 0.1) is 6.92 Å². The Bertz CT molecular complexity index is 915. The molecule has 2 aromatic heterocycles. The van der Waals surface area contributed by atoms with E-state index in [2.05, 4.69) is 15.5 Å². The molecule has 0 saturated heterocycles. The van der Waals surface area contributed by atoms with Gasteiger partial charge in [-0.05, 0) is 36.8 Å². The van der Waals surface area contributed by atoms with E-state index in [-0.39, 0.29) is 18.9 Å². The monoisotopic (exact) mass is 377 g/mol. The Hall–Kier alpha value is -3.10. The molecule has 3 rings (SSSR count). The van der Waals surface area contributed by atoms with E-state index in [1.165, 1.54) is 11.6 Å². The topological polar surface area (TPSA) is 64.7 Å². The van der Waals surface area contributed by atoms with Gasteiger partial charge < -0.3 is 5.32 Å². The van der Waals surface area contributed by atoms with Gasteiger partial charge in [0.2, 0.25) is 5.91 Å². The quantitative estimate of drug-likeness (QED) is 0.715. The Labute approximate surface area is 153 Å². The Balaban J connectivity index is 1.57. The molecule has 1 amide bonds. The first-order valence-electron chi connectivity index (χ1n) is 8.29. The van der Waals surface area contributed by atoms with Gasteiger partial charge in [0.1, 0.15) is 0 Å². The van der Waals surface area contributed by atoms with Crippen LogP contribution in [0.5, 0.6) is 0 Å². The van der Waals surface area contributed by atoms with Gasteiger partial charge in [-0.25, -0.2) is 0 Å². The van der Waals surface area contributed by atoms with Crippen molar-refractivity contribution >= 4 is 11.6 Å². The minimum absolute atomic E-state index is 0.0171. The van der Waals surface area contributed by atoms with Crippen LogP contribution in [-0.2, 0) is 24.1 Å². The fourth-order valence-electron chi connectivity index (χ4n) is 2.63. The van der Waals surface area contributed by atoms with Crippen LogP contribution in [0.1, 0.15) is 23.4 Å². The molecule has 2 heterocycles. The second-order valence-corrected chi connectivity index (χ2v) is 6.09. The highest BCUT2D eigenvalue weighted by Crippen LogP contribution is 2.28. The minimum atomic E-state index is -4.49. The minimum Gasteiger partial charge on any atom is -0.326 e. The first-order chi connectivity index (χ1) is 12.8. The van der Waals surface area contributed by atoms with Crippen LogP contribution < -0.4 is 5.32 Å². The van der Waals surface area contributed by atoms with E-state index in [1.807, 2.05) is 30.5 Å². The second kappa shape index (κ2) is 7.65. The molecular weight excluding hydrogens is 359 g/mol. The molecule has 142 valence electrons. The van der Waals surface area contributed by atoms with E-state index in [1.54, 1.807) is 16.9 Å². The van der Waals surface area contributed by atoms with Gasteiger partial charge in [-0.15, -0.1) is 0 Å². The van der Waals surface area contributed by atoms with Gasteiger partial charge in [0, 0.05) is 36.7 Å². The van der Waals surface area contributed by atoms with Crippen LogP contribution in [0.2, 0.25) is 0 Å². The highest BCUT2D eigenvalue weighted by molar-refractivity contribution is 5.90. The van der Waals surface area contributed by atoms with Crippen LogP contribution in [0.4, 0.5) is 18.9 Å². The molecule has 1 aromatic carbocycles. The zero-order valence-electron chi connectivity index (χ0n) is 14.6. The Kier molecular flexibility index (Phi) is 5.29. The number of halogens is 3. The van der Waals surface area contributed by atoms with Gasteiger partial charge in [-0.3, -0.25) is 14.2 Å². The summed E-state index contributed by atoms with van der Waals surface area (Å²) in [4.78, 5) is 12.1. The molecule has 0 aliphatic carbocycles. The fourth-order valence-corrected chi connectivity index (χ4v) is 2.63. The molecule has 27 heavy (non-hydrogen) atoms. The van der Waals surface area contributed by atoms with Crippen LogP contribution in [0.3, 0.4) is 0 Å². The van der Waals surface area contributed by atoms with Gasteiger partial charge in [0.15, 0.2) is 5.69 Å². The number of nitrogens with one attached hydrogen (secondary N) is 1. The number of aryl methyl sites for hydroxylation is 2. The Morgan fingerprint density at radius 3 is 2.70 bits per heavy atom. The summed E-state index contributed by atoms with van der Waals surface area (Å²) < 4.78 is 41.0. The maximum Gasteiger partial charge on any atom is 0.435 e. The second-order valence-electron chi connectivity index (χ2n) is 6.09. The average Bonchev–Trinajstić information content (AvgIpc) is 3.22. The van der Waals surface area contributed by atoms with Crippen molar-refractivity contribution in [2.75, 3.05) is 5.32 Å². The molecule has 0 aliphatic heterocycles. The number of rotatable bonds is 6. The molecule has 0 unspecified atom stereocenters. The predicted octanol–water partition coefficient (Wildman–Crippen LogP) is 3.48. The molecule has 0 saturated carbocycles. The number of amides is 1. The highest BCUT2D eigenvalue weighted by Gasteiger charge is 2.34. The van der Waals surface area contributed by atoms with E-state index in [0.29, 0.717) is 17.9 Å². The maximum absolute atomic E-state index is 12.7. The van der Waals surface area contributed by atoms with Crippen molar-refractivity contribution in [2.24, 2.45) is 0 Å². The largest absolute Gasteiger partial charge is 0.435 e. The maximum atomic E-state index is 12.7. The zero-order valence-corrected chi connectivity index (χ0v) is 14.6. The summed E-state index contributed by atoms with van der Waals surface area (Å²) in [5.41, 5.74) is 0.995. The van der Waals surface area contributed by atoms with Crippen LogP contribution in [0.15, 0.2) is 48.8 Å². The van der Waals surface area contributed by atoms with Gasteiger partial charge in [-0.1, -0.05) is 12.1 Å². The van der Waals surface area contributed by atoms with E-state index in [4.69, 9.17) is 0 Å². The van der Waals surface area contributed by atoms with E-state index in [0.717, 1.165) is 11.6 Å². The summed E-state index contributed by atoms with van der Waals surface area (Å²) in [5, 5.41) is 10.4. The Morgan fingerprint density at radius 2 is 2.04 bits per heavy atom. The summed E-state index contributed by atoms with van der Waals surface area (Å²) in [5.74, 6) is -0.297.